The first-order valence-corrected chi connectivity index (χ1v) is 12.8. The van der Waals surface area contributed by atoms with Gasteiger partial charge < -0.3 is 10.1 Å². The highest BCUT2D eigenvalue weighted by Crippen LogP contribution is 2.49. The number of halogens is 4. The van der Waals surface area contributed by atoms with Gasteiger partial charge in [0, 0.05) is 40.5 Å². The number of rotatable bonds is 8. The van der Waals surface area contributed by atoms with Crippen molar-refractivity contribution in [1.29, 1.82) is 0 Å². The average molecular weight is 528 g/mol. The van der Waals surface area contributed by atoms with Crippen LogP contribution in [0.1, 0.15) is 50.9 Å². The summed E-state index contributed by atoms with van der Waals surface area (Å²) < 4.78 is 45.4. The maximum Gasteiger partial charge on any atom is 0.302 e. The molecule has 1 aliphatic rings. The largest absolute Gasteiger partial charge is 0.466 e. The molecule has 4 unspecified atom stereocenters. The molecule has 5 atom stereocenters. The quantitative estimate of drug-likeness (QED) is 0.288. The molecular weight excluding hydrogens is 499 g/mol. The Hall–Kier alpha value is -2.19. The molecule has 2 aromatic rings. The zero-order chi connectivity index (χ0) is 25.9. The van der Waals surface area contributed by atoms with Crippen molar-refractivity contribution in [3.05, 3.63) is 58.4 Å². The monoisotopic (exact) mass is 527 g/mol. The van der Waals surface area contributed by atoms with Crippen molar-refractivity contribution in [2.24, 2.45) is 23.7 Å². The summed E-state index contributed by atoms with van der Waals surface area (Å²) in [6, 6.07) is 6.26. The summed E-state index contributed by atoms with van der Waals surface area (Å²) in [5, 5.41) is 3.16. The van der Waals surface area contributed by atoms with E-state index in [1.807, 2.05) is 0 Å². The van der Waals surface area contributed by atoms with Gasteiger partial charge in [0.1, 0.15) is 0 Å². The van der Waals surface area contributed by atoms with Gasteiger partial charge in [-0.2, -0.15) is 0 Å². The lowest BCUT2D eigenvalue weighted by Gasteiger charge is -2.25. The zero-order valence-corrected chi connectivity index (χ0v) is 21.6. The third-order valence-electron chi connectivity index (χ3n) is 6.53. The first kappa shape index (κ1) is 27.4. The maximum absolute atomic E-state index is 13.5. The SMILES string of the molecule is CC(=O)OCC(C)CC1C[C@H](C)C(C)C1Sc1cc(C(=O)Nc2cc(F)c(F)c(F)c2)ccc1Cl. The zero-order valence-electron chi connectivity index (χ0n) is 20.0. The Morgan fingerprint density at radius 1 is 1.17 bits per heavy atom. The summed E-state index contributed by atoms with van der Waals surface area (Å²) in [7, 11) is 0. The van der Waals surface area contributed by atoms with Gasteiger partial charge in [-0.1, -0.05) is 32.4 Å². The molecule has 0 radical (unpaired) electrons. The standard InChI is InChI=1S/C26H29ClF3NO3S/c1-13(12-34-16(4)32)7-18-8-14(2)15(3)25(18)35-23-9-17(5-6-20(23)27)26(33)31-19-10-21(28)24(30)22(29)11-19/h5-6,9-11,13-15,18,25H,7-8,12H2,1-4H3,(H,31,33)/t13?,14-,15?,18?,25?/m0/s1. The van der Waals surface area contributed by atoms with Crippen LogP contribution in [0.25, 0.3) is 0 Å². The van der Waals surface area contributed by atoms with E-state index < -0.39 is 23.4 Å². The molecule has 1 saturated carbocycles. The minimum Gasteiger partial charge on any atom is -0.466 e. The second-order valence-corrected chi connectivity index (χ2v) is 11.0. The Bertz CT molecular complexity index is 1080. The summed E-state index contributed by atoms with van der Waals surface area (Å²) in [5.74, 6) is -3.72. The van der Waals surface area contributed by atoms with E-state index >= 15 is 0 Å². The van der Waals surface area contributed by atoms with Crippen LogP contribution in [-0.2, 0) is 9.53 Å². The van der Waals surface area contributed by atoms with Gasteiger partial charge in [0.25, 0.3) is 5.91 Å². The predicted octanol–water partition coefficient (Wildman–Crippen LogP) is 7.35. The summed E-state index contributed by atoms with van der Waals surface area (Å²) in [6.45, 7) is 8.28. The van der Waals surface area contributed by atoms with Gasteiger partial charge in [0.05, 0.1) is 11.6 Å². The molecule has 0 aliphatic heterocycles. The number of ether oxygens (including phenoxy) is 1. The van der Waals surface area contributed by atoms with E-state index in [4.69, 9.17) is 16.3 Å². The topological polar surface area (TPSA) is 55.4 Å². The number of esters is 1. The number of nitrogens with one attached hydrogen (secondary N) is 1. The van der Waals surface area contributed by atoms with E-state index in [0.29, 0.717) is 29.4 Å². The van der Waals surface area contributed by atoms with Crippen molar-refractivity contribution < 1.29 is 27.5 Å². The van der Waals surface area contributed by atoms with E-state index in [0.717, 1.165) is 29.9 Å². The molecule has 0 heterocycles. The van der Waals surface area contributed by atoms with Crippen LogP contribution >= 0.6 is 23.4 Å². The molecule has 1 N–H and O–H groups in total. The van der Waals surface area contributed by atoms with Gasteiger partial charge in [0.2, 0.25) is 0 Å². The fourth-order valence-electron chi connectivity index (χ4n) is 4.57. The molecule has 1 aliphatic carbocycles. The van der Waals surface area contributed by atoms with Crippen molar-refractivity contribution >= 4 is 40.9 Å². The summed E-state index contributed by atoms with van der Waals surface area (Å²) in [5.41, 5.74) is 0.0798. The predicted molar refractivity (Wildman–Crippen MR) is 132 cm³/mol. The maximum atomic E-state index is 13.5. The molecule has 1 fully saturated rings. The molecule has 0 saturated heterocycles. The Labute approximate surface area is 213 Å². The summed E-state index contributed by atoms with van der Waals surface area (Å²) in [6.07, 6.45) is 1.95. The average Bonchev–Trinajstić information content (AvgIpc) is 3.04. The van der Waals surface area contributed by atoms with Crippen LogP contribution in [0, 0.1) is 41.1 Å². The van der Waals surface area contributed by atoms with Gasteiger partial charge in [-0.15, -0.1) is 11.8 Å². The van der Waals surface area contributed by atoms with Crippen molar-refractivity contribution in [2.75, 3.05) is 11.9 Å². The molecule has 0 spiro atoms. The first-order chi connectivity index (χ1) is 16.5. The van der Waals surface area contributed by atoms with E-state index in [9.17, 15) is 22.8 Å². The molecule has 1 amide bonds. The van der Waals surface area contributed by atoms with Crippen LogP contribution in [-0.4, -0.2) is 23.7 Å². The molecule has 35 heavy (non-hydrogen) atoms. The van der Waals surface area contributed by atoms with Crippen molar-refractivity contribution in [3.63, 3.8) is 0 Å². The third-order valence-corrected chi connectivity index (χ3v) is 8.65. The Balaban J connectivity index is 1.75. The Kier molecular flexibility index (Phi) is 9.16. The number of carbonyl (C=O) groups excluding carboxylic acids is 2. The van der Waals surface area contributed by atoms with Crippen molar-refractivity contribution in [2.45, 2.75) is 50.7 Å². The minimum absolute atomic E-state index is 0.185. The molecule has 4 nitrogen and oxygen atoms in total. The lowest BCUT2D eigenvalue weighted by atomic mass is 9.94. The fraction of sp³-hybridized carbons (Fsp3) is 0.462. The van der Waals surface area contributed by atoms with Crippen molar-refractivity contribution in [3.8, 4) is 0 Å². The van der Waals surface area contributed by atoms with Gasteiger partial charge >= 0.3 is 5.97 Å². The van der Waals surface area contributed by atoms with Gasteiger partial charge in [-0.3, -0.25) is 9.59 Å². The number of amides is 1. The van der Waals surface area contributed by atoms with E-state index in [1.54, 1.807) is 23.9 Å². The van der Waals surface area contributed by atoms with Gasteiger partial charge in [-0.05, 0) is 54.7 Å². The molecule has 0 aromatic heterocycles. The summed E-state index contributed by atoms with van der Waals surface area (Å²) >= 11 is 8.09. The van der Waals surface area contributed by atoms with Gasteiger partial charge in [-0.25, -0.2) is 13.2 Å². The second kappa shape index (κ2) is 11.7. The Morgan fingerprint density at radius 3 is 2.46 bits per heavy atom. The van der Waals surface area contributed by atoms with Crippen LogP contribution in [0.15, 0.2) is 35.2 Å². The minimum atomic E-state index is -1.59. The number of thioether (sulfide) groups is 1. The highest BCUT2D eigenvalue weighted by atomic mass is 35.5. The number of hydrogen-bond acceptors (Lipinski definition) is 4. The molecule has 190 valence electrons. The lowest BCUT2D eigenvalue weighted by molar-refractivity contribution is -0.142. The first-order valence-electron chi connectivity index (χ1n) is 11.5. The number of carbonyl (C=O) groups is 2. The van der Waals surface area contributed by atoms with Crippen LogP contribution in [0.5, 0.6) is 0 Å². The second-order valence-electron chi connectivity index (χ2n) is 9.41. The van der Waals surface area contributed by atoms with Crippen LogP contribution in [0.4, 0.5) is 18.9 Å². The highest BCUT2D eigenvalue weighted by Gasteiger charge is 2.39. The van der Waals surface area contributed by atoms with E-state index in [2.05, 4.69) is 26.1 Å². The van der Waals surface area contributed by atoms with Gasteiger partial charge in [0.15, 0.2) is 17.5 Å². The summed E-state index contributed by atoms with van der Waals surface area (Å²) in [4.78, 5) is 24.6. The normalized spacial score (nSPS) is 22.6. The highest BCUT2D eigenvalue weighted by molar-refractivity contribution is 8.00. The molecule has 2 aromatic carbocycles. The molecule has 9 heteroatoms. The van der Waals surface area contributed by atoms with Crippen LogP contribution in [0.3, 0.4) is 0 Å². The molecular formula is C26H29ClF3NO3S. The molecule has 3 rings (SSSR count). The van der Waals surface area contributed by atoms with Crippen molar-refractivity contribution in [1.82, 2.24) is 0 Å². The number of anilines is 1. The third kappa shape index (κ3) is 6.94. The van der Waals surface area contributed by atoms with E-state index in [-0.39, 0.29) is 28.4 Å². The van der Waals surface area contributed by atoms with Crippen LogP contribution < -0.4 is 5.32 Å². The number of benzene rings is 2. The van der Waals surface area contributed by atoms with E-state index in [1.165, 1.54) is 13.0 Å². The number of hydrogen-bond donors (Lipinski definition) is 1. The smallest absolute Gasteiger partial charge is 0.302 e. The van der Waals surface area contributed by atoms with Crippen LogP contribution in [0.2, 0.25) is 5.02 Å². The molecule has 0 bridgehead atoms. The Morgan fingerprint density at radius 2 is 1.83 bits per heavy atom. The lowest BCUT2D eigenvalue weighted by Crippen LogP contribution is -2.21. The fourth-order valence-corrected chi connectivity index (χ4v) is 6.39.